The molecule has 0 fully saturated rings. The van der Waals surface area contributed by atoms with E-state index in [1.165, 1.54) is 103 Å². The molecule has 1 unspecified atom stereocenters. The van der Waals surface area contributed by atoms with Crippen molar-refractivity contribution < 1.29 is 24.2 Å². The van der Waals surface area contributed by atoms with Crippen molar-refractivity contribution in [1.82, 2.24) is 5.32 Å². The van der Waals surface area contributed by atoms with Gasteiger partial charge in [-0.25, -0.2) is 0 Å². The van der Waals surface area contributed by atoms with Crippen molar-refractivity contribution in [2.45, 2.75) is 206 Å². The van der Waals surface area contributed by atoms with Crippen molar-refractivity contribution in [3.63, 3.8) is 0 Å². The monoisotopic (exact) mass is 726 g/mol. The maximum Gasteiger partial charge on any atom is 0.322 e. The molecule has 0 spiro atoms. The standard InChI is InChI=1S/C46H79NO5/c1-3-5-7-9-11-13-14-15-16-17-18-19-20-21-22-23-24-25-26-27-29-31-37-41-46(51)52-43(38-34-30-28-12-10-8-6-4-2)39-35-32-33-36-40-44(48)47-42-45(49)50/h12,14-15,17-18,20-21,28,34,38,43H,3-11,13,16,19,22-27,29-33,35-37,39-42H2,1-2H3,(H,47,48)(H,49,50)/b15-14-,18-17-,21-20-,28-12-,38-34-. The van der Waals surface area contributed by atoms with E-state index < -0.39 is 5.97 Å². The molecule has 0 heterocycles. The maximum absolute atomic E-state index is 12.7. The zero-order valence-corrected chi connectivity index (χ0v) is 33.6. The Morgan fingerprint density at radius 1 is 0.519 bits per heavy atom. The highest BCUT2D eigenvalue weighted by Gasteiger charge is 2.12. The number of allylic oxidation sites excluding steroid dienone is 9. The number of aliphatic carboxylic acids is 1. The second-order valence-electron chi connectivity index (χ2n) is 14.2. The summed E-state index contributed by atoms with van der Waals surface area (Å²) >= 11 is 0. The summed E-state index contributed by atoms with van der Waals surface area (Å²) in [5.74, 6) is -1.36. The third-order valence-corrected chi connectivity index (χ3v) is 9.15. The molecule has 0 aliphatic carbocycles. The van der Waals surface area contributed by atoms with E-state index in [4.69, 9.17) is 9.84 Å². The second kappa shape index (κ2) is 40.9. The smallest absolute Gasteiger partial charge is 0.322 e. The Bertz CT molecular complexity index is 979. The van der Waals surface area contributed by atoms with Crippen LogP contribution in [0.25, 0.3) is 0 Å². The molecule has 2 N–H and O–H groups in total. The number of ether oxygens (including phenoxy) is 1. The van der Waals surface area contributed by atoms with E-state index in [9.17, 15) is 14.4 Å². The molecule has 0 saturated carbocycles. The number of esters is 1. The van der Waals surface area contributed by atoms with Gasteiger partial charge in [0.25, 0.3) is 0 Å². The molecule has 0 rings (SSSR count). The number of hydrogen-bond acceptors (Lipinski definition) is 4. The van der Waals surface area contributed by atoms with Crippen molar-refractivity contribution in [3.8, 4) is 0 Å². The predicted molar refractivity (Wildman–Crippen MR) is 221 cm³/mol. The Kier molecular flexibility index (Phi) is 38.6. The van der Waals surface area contributed by atoms with Crippen molar-refractivity contribution in [2.75, 3.05) is 6.54 Å². The van der Waals surface area contributed by atoms with Crippen LogP contribution in [-0.4, -0.2) is 35.6 Å². The van der Waals surface area contributed by atoms with Crippen LogP contribution < -0.4 is 5.32 Å². The van der Waals surface area contributed by atoms with E-state index >= 15 is 0 Å². The number of carboxylic acid groups (broad SMARTS) is 1. The molecule has 0 aliphatic rings. The van der Waals surface area contributed by atoms with Crippen LogP contribution in [0.15, 0.2) is 60.8 Å². The Labute approximate surface area is 320 Å². The highest BCUT2D eigenvalue weighted by Crippen LogP contribution is 2.15. The quantitative estimate of drug-likeness (QED) is 0.0375. The Morgan fingerprint density at radius 3 is 1.50 bits per heavy atom. The van der Waals surface area contributed by atoms with Gasteiger partial charge < -0.3 is 15.2 Å². The van der Waals surface area contributed by atoms with Gasteiger partial charge in [0.15, 0.2) is 0 Å². The molecule has 0 bridgehead atoms. The molecule has 0 aliphatic heterocycles. The highest BCUT2D eigenvalue weighted by atomic mass is 16.5. The first-order chi connectivity index (χ1) is 25.5. The minimum atomic E-state index is -1.03. The van der Waals surface area contributed by atoms with Crippen molar-refractivity contribution >= 4 is 17.8 Å². The van der Waals surface area contributed by atoms with E-state index in [2.05, 4.69) is 73.8 Å². The number of carbonyl (C=O) groups is 3. The molecule has 0 saturated heterocycles. The summed E-state index contributed by atoms with van der Waals surface area (Å²) in [6.07, 6.45) is 53.7. The number of amides is 1. The summed E-state index contributed by atoms with van der Waals surface area (Å²) in [4.78, 5) is 34.9. The van der Waals surface area contributed by atoms with Gasteiger partial charge >= 0.3 is 11.9 Å². The van der Waals surface area contributed by atoms with Crippen molar-refractivity contribution in [1.29, 1.82) is 0 Å². The van der Waals surface area contributed by atoms with Gasteiger partial charge in [-0.2, -0.15) is 0 Å². The molecular formula is C46H79NO5. The molecular weight excluding hydrogens is 647 g/mol. The van der Waals surface area contributed by atoms with Crippen LogP contribution in [0.2, 0.25) is 0 Å². The molecule has 0 aromatic heterocycles. The fourth-order valence-corrected chi connectivity index (χ4v) is 5.94. The minimum Gasteiger partial charge on any atom is -0.480 e. The third-order valence-electron chi connectivity index (χ3n) is 9.15. The average Bonchev–Trinajstić information content (AvgIpc) is 3.13. The van der Waals surface area contributed by atoms with Gasteiger partial charge in [-0.05, 0) is 89.5 Å². The average molecular weight is 726 g/mol. The molecule has 1 amide bonds. The lowest BCUT2D eigenvalue weighted by Gasteiger charge is -2.14. The van der Waals surface area contributed by atoms with E-state index in [-0.39, 0.29) is 24.5 Å². The first-order valence-electron chi connectivity index (χ1n) is 21.4. The second-order valence-corrected chi connectivity index (χ2v) is 14.2. The number of nitrogens with one attached hydrogen (secondary N) is 1. The van der Waals surface area contributed by atoms with Gasteiger partial charge in [-0.15, -0.1) is 0 Å². The molecule has 6 nitrogen and oxygen atoms in total. The number of rotatable bonds is 38. The molecule has 0 radical (unpaired) electrons. The van der Waals surface area contributed by atoms with Crippen LogP contribution in [0.3, 0.4) is 0 Å². The first-order valence-corrected chi connectivity index (χ1v) is 21.4. The normalized spacial score (nSPS) is 12.7. The summed E-state index contributed by atoms with van der Waals surface area (Å²) in [6.45, 7) is 4.15. The largest absolute Gasteiger partial charge is 0.480 e. The van der Waals surface area contributed by atoms with Crippen LogP contribution in [0.4, 0.5) is 0 Å². The van der Waals surface area contributed by atoms with Crippen LogP contribution in [0.1, 0.15) is 200 Å². The number of carbonyl (C=O) groups excluding carboxylic acids is 2. The summed E-state index contributed by atoms with van der Waals surface area (Å²) in [5, 5.41) is 11.1. The molecule has 1 atom stereocenters. The zero-order valence-electron chi connectivity index (χ0n) is 33.6. The Balaban J connectivity index is 4.04. The fraction of sp³-hybridized carbons (Fsp3) is 0.717. The van der Waals surface area contributed by atoms with Gasteiger partial charge in [0.2, 0.25) is 5.91 Å². The molecule has 298 valence electrons. The third kappa shape index (κ3) is 39.9. The molecule has 52 heavy (non-hydrogen) atoms. The molecule has 0 aromatic carbocycles. The number of unbranched alkanes of at least 4 members (excludes halogenated alkanes) is 19. The molecule has 0 aromatic rings. The lowest BCUT2D eigenvalue weighted by molar-refractivity contribution is -0.147. The fourth-order valence-electron chi connectivity index (χ4n) is 5.94. The zero-order chi connectivity index (χ0) is 38.0. The van der Waals surface area contributed by atoms with E-state index in [0.29, 0.717) is 12.8 Å². The Morgan fingerprint density at radius 2 is 0.942 bits per heavy atom. The van der Waals surface area contributed by atoms with Gasteiger partial charge in [0.05, 0.1) is 0 Å². The summed E-state index contributed by atoms with van der Waals surface area (Å²) in [5.41, 5.74) is 0. The topological polar surface area (TPSA) is 92.7 Å². The van der Waals surface area contributed by atoms with Gasteiger partial charge in [-0.3, -0.25) is 14.4 Å². The SMILES string of the molecule is CCCCC/C=C\C/C=C\C(CCCCCCC(=O)NCC(=O)O)OC(=O)CCCCCCCCCC/C=C\C/C=C\C/C=C\CCCCCCC. The molecule has 6 heteroatoms. The van der Waals surface area contributed by atoms with Crippen molar-refractivity contribution in [3.05, 3.63) is 60.8 Å². The lowest BCUT2D eigenvalue weighted by atomic mass is 10.1. The van der Waals surface area contributed by atoms with Gasteiger partial charge in [-0.1, -0.05) is 158 Å². The number of carboxylic acids is 1. The minimum absolute atomic E-state index is 0.108. The summed E-state index contributed by atoms with van der Waals surface area (Å²) < 4.78 is 5.88. The summed E-state index contributed by atoms with van der Waals surface area (Å²) in [7, 11) is 0. The van der Waals surface area contributed by atoms with E-state index in [0.717, 1.165) is 70.6 Å². The van der Waals surface area contributed by atoms with Crippen LogP contribution >= 0.6 is 0 Å². The number of hydrogen-bond donors (Lipinski definition) is 2. The maximum atomic E-state index is 12.7. The first kappa shape index (κ1) is 49.1. The van der Waals surface area contributed by atoms with Crippen LogP contribution in [0.5, 0.6) is 0 Å². The van der Waals surface area contributed by atoms with Crippen LogP contribution in [0, 0.1) is 0 Å². The van der Waals surface area contributed by atoms with E-state index in [1.54, 1.807) is 0 Å². The Hall–Kier alpha value is -2.89. The highest BCUT2D eigenvalue weighted by molar-refractivity contribution is 5.80. The van der Waals surface area contributed by atoms with Crippen LogP contribution in [-0.2, 0) is 19.1 Å². The van der Waals surface area contributed by atoms with Gasteiger partial charge in [0.1, 0.15) is 12.6 Å². The summed E-state index contributed by atoms with van der Waals surface area (Å²) in [6, 6.07) is 0. The van der Waals surface area contributed by atoms with E-state index in [1.807, 2.05) is 6.08 Å². The van der Waals surface area contributed by atoms with Gasteiger partial charge in [0, 0.05) is 12.8 Å². The lowest BCUT2D eigenvalue weighted by Crippen LogP contribution is -2.28. The van der Waals surface area contributed by atoms with Crippen molar-refractivity contribution in [2.24, 2.45) is 0 Å². The predicted octanol–water partition coefficient (Wildman–Crippen LogP) is 13.2.